The fraction of sp³-hybridized carbons (Fsp3) is 0.474. The van der Waals surface area contributed by atoms with Gasteiger partial charge in [0.15, 0.2) is 0 Å². The number of nitrogens with zero attached hydrogens (tertiary/aromatic N) is 4. The minimum atomic E-state index is 0.104. The van der Waals surface area contributed by atoms with Crippen molar-refractivity contribution in [3.05, 3.63) is 48.0 Å². The second kappa shape index (κ2) is 5.74. The minimum Gasteiger partial charge on any atom is -0.337 e. The molecule has 1 aromatic carbocycles. The molecule has 1 aromatic heterocycles. The second-order valence-corrected chi connectivity index (χ2v) is 7.41. The molecule has 0 aliphatic carbocycles. The molecule has 2 aromatic rings. The summed E-state index contributed by atoms with van der Waals surface area (Å²) in [4.78, 5) is 21.4. The molecule has 2 saturated heterocycles. The molecule has 0 radical (unpaired) electrons. The molecule has 126 valence electrons. The number of anilines is 1. The number of hydrogen-bond acceptors (Lipinski definition) is 3. The standard InChI is InChI=1S/C19H24N4O/c1-15-3-5-16(6-4-15)23-14-19(11-18(23)24)7-9-22(13-19)12-17-20-8-10-21(17)2/h3-6,8,10H,7,9,11-14H2,1-2H3/t19-/m0/s1. The van der Waals surface area contributed by atoms with Crippen LogP contribution >= 0.6 is 0 Å². The number of aromatic nitrogens is 2. The second-order valence-electron chi connectivity index (χ2n) is 7.41. The SMILES string of the molecule is Cc1ccc(N2C[C@@]3(CCN(Cc4nccn4C)C3)CC2=O)cc1. The van der Waals surface area contributed by atoms with Gasteiger partial charge in [-0.1, -0.05) is 17.7 Å². The Labute approximate surface area is 142 Å². The van der Waals surface area contributed by atoms with Crippen molar-refractivity contribution in [2.45, 2.75) is 26.3 Å². The van der Waals surface area contributed by atoms with Crippen LogP contribution in [-0.2, 0) is 18.4 Å². The van der Waals surface area contributed by atoms with Gasteiger partial charge in [0.1, 0.15) is 5.82 Å². The lowest BCUT2D eigenvalue weighted by Crippen LogP contribution is -2.31. The van der Waals surface area contributed by atoms with E-state index in [0.717, 1.165) is 44.1 Å². The van der Waals surface area contributed by atoms with E-state index in [-0.39, 0.29) is 11.3 Å². The van der Waals surface area contributed by atoms with Crippen molar-refractivity contribution in [1.82, 2.24) is 14.5 Å². The molecule has 0 N–H and O–H groups in total. The molecule has 24 heavy (non-hydrogen) atoms. The first-order chi connectivity index (χ1) is 11.5. The molecule has 2 aliphatic rings. The van der Waals surface area contributed by atoms with Gasteiger partial charge in [0.2, 0.25) is 5.91 Å². The summed E-state index contributed by atoms with van der Waals surface area (Å²) in [6.07, 6.45) is 5.59. The summed E-state index contributed by atoms with van der Waals surface area (Å²) < 4.78 is 2.07. The van der Waals surface area contributed by atoms with E-state index in [1.54, 1.807) is 0 Å². The molecule has 3 heterocycles. The fourth-order valence-electron chi connectivity index (χ4n) is 4.04. The van der Waals surface area contributed by atoms with E-state index in [1.165, 1.54) is 5.56 Å². The van der Waals surface area contributed by atoms with E-state index < -0.39 is 0 Å². The Kier molecular flexibility index (Phi) is 3.68. The normalized spacial score (nSPS) is 24.4. The number of amides is 1. The maximum atomic E-state index is 12.6. The van der Waals surface area contributed by atoms with E-state index in [0.29, 0.717) is 6.42 Å². The highest BCUT2D eigenvalue weighted by atomic mass is 16.2. The van der Waals surface area contributed by atoms with E-state index in [2.05, 4.69) is 45.6 Å². The zero-order valence-electron chi connectivity index (χ0n) is 14.4. The van der Waals surface area contributed by atoms with Gasteiger partial charge >= 0.3 is 0 Å². The van der Waals surface area contributed by atoms with Gasteiger partial charge in [-0.2, -0.15) is 0 Å². The lowest BCUT2D eigenvalue weighted by Gasteiger charge is -2.24. The van der Waals surface area contributed by atoms with Gasteiger partial charge < -0.3 is 9.47 Å². The summed E-state index contributed by atoms with van der Waals surface area (Å²) in [5.74, 6) is 1.35. The van der Waals surface area contributed by atoms with Crippen molar-refractivity contribution < 1.29 is 4.79 Å². The Hall–Kier alpha value is -2.14. The van der Waals surface area contributed by atoms with Crippen molar-refractivity contribution in [3.63, 3.8) is 0 Å². The molecule has 0 saturated carbocycles. The largest absolute Gasteiger partial charge is 0.337 e. The maximum absolute atomic E-state index is 12.6. The van der Waals surface area contributed by atoms with Gasteiger partial charge in [0.25, 0.3) is 0 Å². The first kappa shape index (κ1) is 15.4. The average Bonchev–Trinajstić information content (AvgIpc) is 3.22. The Morgan fingerprint density at radius 2 is 2.00 bits per heavy atom. The maximum Gasteiger partial charge on any atom is 0.227 e. The van der Waals surface area contributed by atoms with E-state index in [9.17, 15) is 4.79 Å². The number of imidazole rings is 1. The predicted octanol–water partition coefficient (Wildman–Crippen LogP) is 2.36. The molecular weight excluding hydrogens is 300 g/mol. The number of aryl methyl sites for hydroxylation is 2. The van der Waals surface area contributed by atoms with Crippen LogP contribution in [0.3, 0.4) is 0 Å². The van der Waals surface area contributed by atoms with Crippen LogP contribution in [0.2, 0.25) is 0 Å². The molecule has 0 bridgehead atoms. The van der Waals surface area contributed by atoms with Crippen LogP contribution in [0, 0.1) is 12.3 Å². The van der Waals surface area contributed by atoms with Crippen LogP contribution in [0.5, 0.6) is 0 Å². The number of carbonyl (C=O) groups excluding carboxylic acids is 1. The third kappa shape index (κ3) is 2.73. The monoisotopic (exact) mass is 324 g/mol. The fourth-order valence-corrected chi connectivity index (χ4v) is 4.04. The van der Waals surface area contributed by atoms with Crippen LogP contribution in [0.4, 0.5) is 5.69 Å². The summed E-state index contributed by atoms with van der Waals surface area (Å²) in [6.45, 7) is 5.80. The van der Waals surface area contributed by atoms with Gasteiger partial charge in [-0.05, 0) is 32.0 Å². The molecule has 5 nitrogen and oxygen atoms in total. The quantitative estimate of drug-likeness (QED) is 0.870. The van der Waals surface area contributed by atoms with Crippen molar-refractivity contribution >= 4 is 11.6 Å². The van der Waals surface area contributed by atoms with Crippen molar-refractivity contribution in [2.75, 3.05) is 24.5 Å². The first-order valence-electron chi connectivity index (χ1n) is 8.60. The van der Waals surface area contributed by atoms with Crippen molar-refractivity contribution in [3.8, 4) is 0 Å². The number of benzene rings is 1. The minimum absolute atomic E-state index is 0.104. The van der Waals surface area contributed by atoms with Gasteiger partial charge in [0.05, 0.1) is 6.54 Å². The van der Waals surface area contributed by atoms with E-state index in [1.807, 2.05) is 24.3 Å². The molecule has 2 fully saturated rings. The molecule has 1 atom stereocenters. The number of carbonyl (C=O) groups is 1. The average molecular weight is 324 g/mol. The molecule has 4 rings (SSSR count). The molecule has 2 aliphatic heterocycles. The lowest BCUT2D eigenvalue weighted by molar-refractivity contribution is -0.117. The van der Waals surface area contributed by atoms with Gasteiger partial charge in [0, 0.05) is 50.1 Å². The Balaban J connectivity index is 1.46. The van der Waals surface area contributed by atoms with Gasteiger partial charge in [-0.3, -0.25) is 9.69 Å². The summed E-state index contributed by atoms with van der Waals surface area (Å²) in [5.41, 5.74) is 2.36. The summed E-state index contributed by atoms with van der Waals surface area (Å²) in [7, 11) is 2.03. The summed E-state index contributed by atoms with van der Waals surface area (Å²) >= 11 is 0. The summed E-state index contributed by atoms with van der Waals surface area (Å²) in [6, 6.07) is 8.28. The zero-order valence-corrected chi connectivity index (χ0v) is 14.4. The highest BCUT2D eigenvalue weighted by Crippen LogP contribution is 2.42. The van der Waals surface area contributed by atoms with Crippen LogP contribution in [0.15, 0.2) is 36.7 Å². The van der Waals surface area contributed by atoms with Crippen LogP contribution in [0.1, 0.15) is 24.2 Å². The topological polar surface area (TPSA) is 41.4 Å². The number of hydrogen-bond donors (Lipinski definition) is 0. The lowest BCUT2D eigenvalue weighted by atomic mass is 9.86. The molecular formula is C19H24N4O. The smallest absolute Gasteiger partial charge is 0.227 e. The first-order valence-corrected chi connectivity index (χ1v) is 8.60. The van der Waals surface area contributed by atoms with Crippen LogP contribution < -0.4 is 4.90 Å². The Bertz CT molecular complexity index is 751. The third-order valence-corrected chi connectivity index (χ3v) is 5.47. The zero-order chi connectivity index (χ0) is 16.7. The number of rotatable bonds is 3. The summed E-state index contributed by atoms with van der Waals surface area (Å²) in [5, 5.41) is 0. The van der Waals surface area contributed by atoms with E-state index >= 15 is 0 Å². The number of likely N-dealkylation sites (tertiary alicyclic amines) is 1. The van der Waals surface area contributed by atoms with Crippen LogP contribution in [-0.4, -0.2) is 40.0 Å². The highest BCUT2D eigenvalue weighted by Gasteiger charge is 2.47. The van der Waals surface area contributed by atoms with Crippen LogP contribution in [0.25, 0.3) is 0 Å². The van der Waals surface area contributed by atoms with E-state index in [4.69, 9.17) is 0 Å². The molecule has 1 spiro atoms. The Morgan fingerprint density at radius 3 is 2.71 bits per heavy atom. The van der Waals surface area contributed by atoms with Crippen molar-refractivity contribution in [1.29, 1.82) is 0 Å². The van der Waals surface area contributed by atoms with Crippen molar-refractivity contribution in [2.24, 2.45) is 12.5 Å². The van der Waals surface area contributed by atoms with Gasteiger partial charge in [-0.25, -0.2) is 4.98 Å². The predicted molar refractivity (Wildman–Crippen MR) is 93.7 cm³/mol. The third-order valence-electron chi connectivity index (χ3n) is 5.47. The molecule has 5 heteroatoms. The van der Waals surface area contributed by atoms with Gasteiger partial charge in [-0.15, -0.1) is 0 Å². The molecule has 0 unspecified atom stereocenters. The highest BCUT2D eigenvalue weighted by molar-refractivity contribution is 5.96. The molecule has 1 amide bonds. The Morgan fingerprint density at radius 1 is 1.21 bits per heavy atom.